The fourth-order valence-corrected chi connectivity index (χ4v) is 7.04. The Morgan fingerprint density at radius 3 is 2.54 bits per heavy atom. The minimum atomic E-state index is -3.98. The van der Waals surface area contributed by atoms with E-state index < -0.39 is 10.0 Å². The van der Waals surface area contributed by atoms with Crippen LogP contribution in [-0.2, 0) is 16.6 Å². The number of aliphatic imine (C=N–C) groups is 1. The van der Waals surface area contributed by atoms with E-state index in [1.807, 2.05) is 61.7 Å². The van der Waals surface area contributed by atoms with Crippen LogP contribution < -0.4 is 14.4 Å². The lowest BCUT2D eigenvalue weighted by molar-refractivity contribution is 0.313. The third-order valence-electron chi connectivity index (χ3n) is 6.62. The molecule has 9 nitrogen and oxygen atoms in total. The molecular formula is C30H31N5O4S2. The third kappa shape index (κ3) is 6.01. The van der Waals surface area contributed by atoms with E-state index in [1.54, 1.807) is 37.7 Å². The molecule has 0 saturated heterocycles. The molecule has 1 aliphatic rings. The van der Waals surface area contributed by atoms with Gasteiger partial charge >= 0.3 is 0 Å². The van der Waals surface area contributed by atoms with Gasteiger partial charge in [-0.2, -0.15) is 0 Å². The molecule has 0 amide bonds. The van der Waals surface area contributed by atoms with Crippen LogP contribution in [0.25, 0.3) is 11.1 Å². The van der Waals surface area contributed by atoms with Crippen molar-refractivity contribution in [3.63, 3.8) is 0 Å². The largest absolute Gasteiger partial charge is 0.497 e. The van der Waals surface area contributed by atoms with Gasteiger partial charge in [0.15, 0.2) is 5.17 Å². The van der Waals surface area contributed by atoms with Gasteiger partial charge in [-0.15, -0.1) is 0 Å². The third-order valence-corrected chi connectivity index (χ3v) is 9.19. The normalized spacial score (nSPS) is 13.3. The number of nitrogens with zero attached hydrogens (tertiary/aromatic N) is 5. The number of hydrogen-bond donors (Lipinski definition) is 0. The highest BCUT2D eigenvalue weighted by Gasteiger charge is 2.30. The second kappa shape index (κ2) is 12.6. The maximum absolute atomic E-state index is 14.1. The van der Waals surface area contributed by atoms with Crippen LogP contribution in [-0.4, -0.2) is 60.9 Å². The highest BCUT2D eigenvalue weighted by Crippen LogP contribution is 2.42. The molecule has 0 N–H and O–H groups in total. The first-order valence-electron chi connectivity index (χ1n) is 13.1. The number of benzene rings is 3. The minimum absolute atomic E-state index is 0.128. The molecule has 0 atom stereocenters. The second-order valence-corrected chi connectivity index (χ2v) is 11.7. The van der Waals surface area contributed by atoms with Crippen molar-refractivity contribution in [2.75, 3.05) is 38.0 Å². The molecule has 0 spiro atoms. The van der Waals surface area contributed by atoms with Crippen LogP contribution in [0, 0.1) is 0 Å². The van der Waals surface area contributed by atoms with Crippen molar-refractivity contribution in [2.45, 2.75) is 18.4 Å². The Labute approximate surface area is 244 Å². The van der Waals surface area contributed by atoms with E-state index in [-0.39, 0.29) is 11.4 Å². The summed E-state index contributed by atoms with van der Waals surface area (Å²) in [6.07, 6.45) is 6.89. The van der Waals surface area contributed by atoms with Crippen molar-refractivity contribution < 1.29 is 17.9 Å². The fraction of sp³-hybridized carbons (Fsp3) is 0.233. The van der Waals surface area contributed by atoms with Crippen molar-refractivity contribution in [3.05, 3.63) is 91.0 Å². The van der Waals surface area contributed by atoms with Crippen molar-refractivity contribution >= 4 is 38.3 Å². The molecule has 2 heterocycles. The van der Waals surface area contributed by atoms with Crippen LogP contribution >= 0.6 is 11.8 Å². The quantitative estimate of drug-likeness (QED) is 0.193. The molecule has 41 heavy (non-hydrogen) atoms. The lowest BCUT2D eigenvalue weighted by atomic mass is 10.0. The van der Waals surface area contributed by atoms with Gasteiger partial charge in [0, 0.05) is 41.8 Å². The second-order valence-electron chi connectivity index (χ2n) is 9.09. The zero-order chi connectivity index (χ0) is 28.8. The number of rotatable bonds is 8. The molecule has 5 rings (SSSR count). The SMILES string of the molecule is CCN=C(SC)N(Cc1ccc(OC)cc1)S(=O)(=O)c1ccc2c(c1)OCCN2c1ccccc1-c1cncnc1. The number of amidine groups is 1. The van der Waals surface area contributed by atoms with E-state index in [0.29, 0.717) is 36.4 Å². The Morgan fingerprint density at radius 1 is 1.07 bits per heavy atom. The monoisotopic (exact) mass is 589 g/mol. The maximum atomic E-state index is 14.1. The summed E-state index contributed by atoms with van der Waals surface area (Å²) in [5.41, 5.74) is 4.43. The van der Waals surface area contributed by atoms with Crippen molar-refractivity contribution in [1.29, 1.82) is 0 Å². The Balaban J connectivity index is 1.52. The van der Waals surface area contributed by atoms with Crippen molar-refractivity contribution in [2.24, 2.45) is 4.99 Å². The molecule has 0 fully saturated rings. The highest BCUT2D eigenvalue weighted by atomic mass is 32.2. The number of thioether (sulfide) groups is 1. The summed E-state index contributed by atoms with van der Waals surface area (Å²) in [6, 6.07) is 20.4. The number of anilines is 2. The Kier molecular flexibility index (Phi) is 8.75. The number of methoxy groups -OCH3 is 1. The van der Waals surface area contributed by atoms with Crippen LogP contribution in [0.3, 0.4) is 0 Å². The van der Waals surface area contributed by atoms with Gasteiger partial charge in [0.05, 0.1) is 30.8 Å². The molecule has 4 aromatic rings. The maximum Gasteiger partial charge on any atom is 0.266 e. The Hall–Kier alpha value is -4.09. The lowest BCUT2D eigenvalue weighted by Gasteiger charge is -2.33. The summed E-state index contributed by atoms with van der Waals surface area (Å²) >= 11 is 1.30. The van der Waals surface area contributed by atoms with Crippen LogP contribution in [0.1, 0.15) is 12.5 Å². The summed E-state index contributed by atoms with van der Waals surface area (Å²) in [7, 11) is -2.38. The zero-order valence-corrected chi connectivity index (χ0v) is 24.7. The molecule has 0 radical (unpaired) electrons. The molecule has 1 aromatic heterocycles. The van der Waals surface area contributed by atoms with Crippen LogP contribution in [0.4, 0.5) is 11.4 Å². The van der Waals surface area contributed by atoms with Gasteiger partial charge < -0.3 is 14.4 Å². The van der Waals surface area contributed by atoms with E-state index in [4.69, 9.17) is 9.47 Å². The molecular weight excluding hydrogens is 558 g/mol. The lowest BCUT2D eigenvalue weighted by Crippen LogP contribution is -2.35. The predicted molar refractivity (Wildman–Crippen MR) is 164 cm³/mol. The summed E-state index contributed by atoms with van der Waals surface area (Å²) in [5.74, 6) is 1.20. The standard InChI is InChI=1S/C30H31N5O4S2/c1-4-33-30(40-3)35(20-22-9-11-24(38-2)12-10-22)41(36,37)25-13-14-28-29(17-25)39-16-15-34(28)27-8-6-5-7-26(27)23-18-31-21-32-19-23/h5-14,17-19,21H,4,15-16,20H2,1-3H3. The van der Waals surface area contributed by atoms with Crippen molar-refractivity contribution in [3.8, 4) is 22.6 Å². The van der Waals surface area contributed by atoms with Crippen LogP contribution in [0.5, 0.6) is 11.5 Å². The van der Waals surface area contributed by atoms with Gasteiger partial charge in [-0.3, -0.25) is 4.99 Å². The fourth-order valence-electron chi connectivity index (χ4n) is 4.66. The van der Waals surface area contributed by atoms with Gasteiger partial charge in [0.2, 0.25) is 0 Å². The summed E-state index contributed by atoms with van der Waals surface area (Å²) < 4.78 is 40.9. The first kappa shape index (κ1) is 28.4. The van der Waals surface area contributed by atoms with E-state index in [1.165, 1.54) is 22.4 Å². The number of sulfonamides is 1. The molecule has 3 aromatic carbocycles. The predicted octanol–water partition coefficient (Wildman–Crippen LogP) is 5.61. The van der Waals surface area contributed by atoms with Gasteiger partial charge in [0.1, 0.15) is 24.4 Å². The van der Waals surface area contributed by atoms with E-state index >= 15 is 0 Å². The van der Waals surface area contributed by atoms with Gasteiger partial charge in [-0.1, -0.05) is 42.1 Å². The number of aromatic nitrogens is 2. The highest BCUT2D eigenvalue weighted by molar-refractivity contribution is 8.14. The van der Waals surface area contributed by atoms with Gasteiger partial charge in [0.25, 0.3) is 10.0 Å². The average molecular weight is 590 g/mol. The molecule has 0 unspecified atom stereocenters. The van der Waals surface area contributed by atoms with E-state index in [9.17, 15) is 8.42 Å². The molecule has 0 bridgehead atoms. The molecule has 11 heteroatoms. The number of fused-ring (bicyclic) bond motifs is 1. The molecule has 0 saturated carbocycles. The topological polar surface area (TPSA) is 97.2 Å². The average Bonchev–Trinajstić information content (AvgIpc) is 3.02. The van der Waals surface area contributed by atoms with E-state index in [0.717, 1.165) is 28.1 Å². The summed E-state index contributed by atoms with van der Waals surface area (Å²) in [4.78, 5) is 15.1. The van der Waals surface area contributed by atoms with E-state index in [2.05, 4.69) is 19.9 Å². The number of ether oxygens (including phenoxy) is 2. The smallest absolute Gasteiger partial charge is 0.266 e. The van der Waals surface area contributed by atoms with Crippen LogP contribution in [0.2, 0.25) is 0 Å². The Morgan fingerprint density at radius 2 is 1.83 bits per heavy atom. The zero-order valence-electron chi connectivity index (χ0n) is 23.1. The summed E-state index contributed by atoms with van der Waals surface area (Å²) in [6.45, 7) is 3.48. The first-order chi connectivity index (χ1) is 20.0. The Bertz CT molecular complexity index is 1630. The van der Waals surface area contributed by atoms with Gasteiger partial charge in [-0.25, -0.2) is 22.7 Å². The minimum Gasteiger partial charge on any atom is -0.497 e. The van der Waals surface area contributed by atoms with Crippen molar-refractivity contribution in [1.82, 2.24) is 14.3 Å². The molecule has 1 aliphatic heterocycles. The van der Waals surface area contributed by atoms with Gasteiger partial charge in [-0.05, 0) is 49.1 Å². The molecule has 212 valence electrons. The molecule has 0 aliphatic carbocycles. The van der Waals surface area contributed by atoms with Crippen LogP contribution in [0.15, 0.2) is 95.3 Å². The first-order valence-corrected chi connectivity index (χ1v) is 15.8. The number of hydrogen-bond acceptors (Lipinski definition) is 9. The number of para-hydroxylation sites is 1. The summed E-state index contributed by atoms with van der Waals surface area (Å²) in [5, 5.41) is 0.419.